The molecule has 132 valence electrons. The largest absolute Gasteiger partial charge is 0.327 e. The van der Waals surface area contributed by atoms with Crippen molar-refractivity contribution in [2.24, 2.45) is 11.7 Å². The molecule has 4 N–H and O–H groups in total. The molecule has 1 aromatic carbocycles. The average molecular weight is 342 g/mol. The van der Waals surface area contributed by atoms with Gasteiger partial charge < -0.3 is 16.0 Å². The van der Waals surface area contributed by atoms with Crippen molar-refractivity contribution in [3.05, 3.63) is 34.9 Å². The minimum Gasteiger partial charge on any atom is -0.327 e. The SMILES string of the molecule is N[C@@H]1C[C@H]1CNCc1ccc2c(c1)C(=O)N(C1CCC(=O)NC1=O)C2. The average Bonchev–Trinajstić information content (AvgIpc) is 3.19. The molecule has 1 aliphatic carbocycles. The van der Waals surface area contributed by atoms with Crippen LogP contribution in [0.5, 0.6) is 0 Å². The highest BCUT2D eigenvalue weighted by molar-refractivity contribution is 6.05. The second kappa shape index (κ2) is 6.24. The Kier molecular flexibility index (Phi) is 4.05. The summed E-state index contributed by atoms with van der Waals surface area (Å²) >= 11 is 0. The Labute approximate surface area is 145 Å². The number of piperidine rings is 1. The molecule has 0 aromatic heterocycles. The Morgan fingerprint density at radius 1 is 1.28 bits per heavy atom. The Morgan fingerprint density at radius 2 is 2.08 bits per heavy atom. The molecule has 7 heteroatoms. The molecule has 3 atom stereocenters. The van der Waals surface area contributed by atoms with Crippen LogP contribution in [-0.4, -0.2) is 41.2 Å². The van der Waals surface area contributed by atoms with E-state index in [-0.39, 0.29) is 24.1 Å². The maximum atomic E-state index is 12.7. The van der Waals surface area contributed by atoms with E-state index in [0.717, 1.165) is 24.1 Å². The summed E-state index contributed by atoms with van der Waals surface area (Å²) in [4.78, 5) is 37.7. The lowest BCUT2D eigenvalue weighted by Gasteiger charge is -2.29. The van der Waals surface area contributed by atoms with Gasteiger partial charge in [0, 0.05) is 31.1 Å². The number of hydrogen-bond donors (Lipinski definition) is 3. The monoisotopic (exact) mass is 342 g/mol. The molecule has 2 fully saturated rings. The van der Waals surface area contributed by atoms with Crippen molar-refractivity contribution in [3.63, 3.8) is 0 Å². The summed E-state index contributed by atoms with van der Waals surface area (Å²) in [6.45, 7) is 2.02. The Hall–Kier alpha value is -2.25. The summed E-state index contributed by atoms with van der Waals surface area (Å²) in [5.74, 6) is -0.205. The fraction of sp³-hybridized carbons (Fsp3) is 0.500. The van der Waals surface area contributed by atoms with Gasteiger partial charge in [0.15, 0.2) is 0 Å². The van der Waals surface area contributed by atoms with Crippen LogP contribution >= 0.6 is 0 Å². The van der Waals surface area contributed by atoms with Crippen molar-refractivity contribution >= 4 is 17.7 Å². The van der Waals surface area contributed by atoms with E-state index in [1.807, 2.05) is 18.2 Å². The maximum Gasteiger partial charge on any atom is 0.255 e. The normalized spacial score (nSPS) is 28.1. The van der Waals surface area contributed by atoms with Crippen molar-refractivity contribution in [2.75, 3.05) is 6.54 Å². The fourth-order valence-corrected chi connectivity index (χ4v) is 3.62. The second-order valence-electron chi connectivity index (χ2n) is 7.18. The molecular formula is C18H22N4O3. The Balaban J connectivity index is 1.42. The predicted molar refractivity (Wildman–Crippen MR) is 90.3 cm³/mol. The number of carbonyl (C=O) groups is 3. The summed E-state index contributed by atoms with van der Waals surface area (Å²) in [5.41, 5.74) is 8.44. The van der Waals surface area contributed by atoms with E-state index >= 15 is 0 Å². The first-order chi connectivity index (χ1) is 12.0. The van der Waals surface area contributed by atoms with E-state index in [1.165, 1.54) is 0 Å². The second-order valence-corrected chi connectivity index (χ2v) is 7.18. The molecule has 2 heterocycles. The zero-order valence-electron chi connectivity index (χ0n) is 14.0. The molecule has 7 nitrogen and oxygen atoms in total. The van der Waals surface area contributed by atoms with Crippen molar-refractivity contribution in [1.29, 1.82) is 0 Å². The van der Waals surface area contributed by atoms with Gasteiger partial charge in [-0.25, -0.2) is 0 Å². The molecule has 25 heavy (non-hydrogen) atoms. The summed E-state index contributed by atoms with van der Waals surface area (Å²) < 4.78 is 0. The lowest BCUT2D eigenvalue weighted by molar-refractivity contribution is -0.136. The maximum absolute atomic E-state index is 12.7. The first kappa shape index (κ1) is 16.2. The first-order valence-electron chi connectivity index (χ1n) is 8.75. The van der Waals surface area contributed by atoms with Crippen LogP contribution in [0.25, 0.3) is 0 Å². The Morgan fingerprint density at radius 3 is 2.80 bits per heavy atom. The topological polar surface area (TPSA) is 105 Å². The smallest absolute Gasteiger partial charge is 0.255 e. The van der Waals surface area contributed by atoms with E-state index in [4.69, 9.17) is 5.73 Å². The van der Waals surface area contributed by atoms with E-state index < -0.39 is 6.04 Å². The van der Waals surface area contributed by atoms with Crippen LogP contribution in [0.3, 0.4) is 0 Å². The number of fused-ring (bicyclic) bond motifs is 1. The molecule has 1 saturated carbocycles. The van der Waals surface area contributed by atoms with Crippen molar-refractivity contribution < 1.29 is 14.4 Å². The van der Waals surface area contributed by atoms with Gasteiger partial charge in [0.25, 0.3) is 5.91 Å². The van der Waals surface area contributed by atoms with Gasteiger partial charge in [-0.2, -0.15) is 0 Å². The summed E-state index contributed by atoms with van der Waals surface area (Å²) in [6.07, 6.45) is 1.74. The molecule has 3 aliphatic rings. The zero-order chi connectivity index (χ0) is 17.6. The third kappa shape index (κ3) is 3.17. The molecule has 0 spiro atoms. The van der Waals surface area contributed by atoms with Crippen LogP contribution in [0.15, 0.2) is 18.2 Å². The van der Waals surface area contributed by atoms with Crippen LogP contribution in [0, 0.1) is 5.92 Å². The van der Waals surface area contributed by atoms with E-state index in [0.29, 0.717) is 37.0 Å². The van der Waals surface area contributed by atoms with Gasteiger partial charge in [-0.05, 0) is 42.5 Å². The van der Waals surface area contributed by atoms with Gasteiger partial charge in [-0.1, -0.05) is 12.1 Å². The van der Waals surface area contributed by atoms with Crippen molar-refractivity contribution in [3.8, 4) is 0 Å². The standard InChI is InChI=1S/C18H22N4O3/c19-14-6-12(14)8-20-7-10-1-2-11-9-22(18(25)13(11)5-10)15-3-4-16(23)21-17(15)24/h1-2,5,12,14-15,20H,3-4,6-9,19H2,(H,21,23,24)/t12-,14+,15?/m0/s1. The van der Waals surface area contributed by atoms with Gasteiger partial charge in [0.05, 0.1) is 0 Å². The molecule has 1 saturated heterocycles. The van der Waals surface area contributed by atoms with Crippen LogP contribution in [-0.2, 0) is 22.7 Å². The first-order valence-corrected chi connectivity index (χ1v) is 8.75. The third-order valence-corrected chi connectivity index (χ3v) is 5.31. The fourth-order valence-electron chi connectivity index (χ4n) is 3.62. The minimum atomic E-state index is -0.560. The number of benzene rings is 1. The molecule has 0 bridgehead atoms. The molecule has 4 rings (SSSR count). The number of nitrogens with two attached hydrogens (primary N) is 1. The van der Waals surface area contributed by atoms with Gasteiger partial charge in [-0.15, -0.1) is 0 Å². The molecule has 1 unspecified atom stereocenters. The predicted octanol–water partition coefficient (Wildman–Crippen LogP) is -0.116. The van der Waals surface area contributed by atoms with Crippen LogP contribution < -0.4 is 16.4 Å². The van der Waals surface area contributed by atoms with Gasteiger partial charge in [-0.3, -0.25) is 19.7 Å². The molecule has 2 aliphatic heterocycles. The number of hydrogen-bond acceptors (Lipinski definition) is 5. The van der Waals surface area contributed by atoms with Gasteiger partial charge in [0.2, 0.25) is 11.8 Å². The zero-order valence-corrected chi connectivity index (χ0v) is 14.0. The number of rotatable bonds is 5. The highest BCUT2D eigenvalue weighted by Crippen LogP contribution is 2.29. The van der Waals surface area contributed by atoms with Crippen LogP contribution in [0.4, 0.5) is 0 Å². The van der Waals surface area contributed by atoms with E-state index in [9.17, 15) is 14.4 Å². The van der Waals surface area contributed by atoms with E-state index in [2.05, 4.69) is 10.6 Å². The number of nitrogens with one attached hydrogen (secondary N) is 2. The van der Waals surface area contributed by atoms with E-state index in [1.54, 1.807) is 4.90 Å². The molecular weight excluding hydrogens is 320 g/mol. The van der Waals surface area contributed by atoms with Crippen LogP contribution in [0.1, 0.15) is 40.7 Å². The lowest BCUT2D eigenvalue weighted by atomic mass is 10.0. The minimum absolute atomic E-state index is 0.129. The summed E-state index contributed by atoms with van der Waals surface area (Å²) in [5, 5.41) is 5.70. The molecule has 1 aromatic rings. The third-order valence-electron chi connectivity index (χ3n) is 5.31. The molecule has 3 amide bonds. The van der Waals surface area contributed by atoms with Gasteiger partial charge >= 0.3 is 0 Å². The van der Waals surface area contributed by atoms with Crippen molar-refractivity contribution in [2.45, 2.75) is 44.4 Å². The quantitative estimate of drug-likeness (QED) is 0.648. The summed E-state index contributed by atoms with van der Waals surface area (Å²) in [7, 11) is 0. The van der Waals surface area contributed by atoms with Gasteiger partial charge in [0.1, 0.15) is 6.04 Å². The van der Waals surface area contributed by atoms with Crippen LogP contribution in [0.2, 0.25) is 0 Å². The Bertz CT molecular complexity index is 748. The number of amides is 3. The molecule has 0 radical (unpaired) electrons. The van der Waals surface area contributed by atoms with Crippen molar-refractivity contribution in [1.82, 2.24) is 15.5 Å². The number of carbonyl (C=O) groups excluding carboxylic acids is 3. The highest BCUT2D eigenvalue weighted by atomic mass is 16.2. The summed E-state index contributed by atoms with van der Waals surface area (Å²) in [6, 6.07) is 5.65. The highest BCUT2D eigenvalue weighted by Gasteiger charge is 2.39. The number of nitrogens with zero attached hydrogens (tertiary/aromatic N) is 1. The number of imide groups is 1. The lowest BCUT2D eigenvalue weighted by Crippen LogP contribution is -2.52.